The maximum absolute atomic E-state index is 13.9. The van der Waals surface area contributed by atoms with Gasteiger partial charge in [0, 0.05) is 36.8 Å². The van der Waals surface area contributed by atoms with Crippen molar-refractivity contribution in [1.29, 1.82) is 0 Å². The zero-order chi connectivity index (χ0) is 29.7. The molecule has 1 amide bonds. The number of hydrogen-bond acceptors (Lipinski definition) is 6. The highest BCUT2D eigenvalue weighted by atomic mass is 19.1. The number of anilines is 1. The molecule has 3 N–H and O–H groups in total. The molecule has 4 aromatic rings. The van der Waals surface area contributed by atoms with Crippen molar-refractivity contribution in [3.05, 3.63) is 89.2 Å². The summed E-state index contributed by atoms with van der Waals surface area (Å²) in [6.07, 6.45) is -0.175. The number of rotatable bonds is 11. The molecular formula is C31H34FN5O4. The third kappa shape index (κ3) is 7.36. The number of benzene rings is 3. The van der Waals surface area contributed by atoms with Crippen molar-refractivity contribution >= 4 is 39.9 Å². The number of aromatic amines is 1. The first kappa shape index (κ1) is 29.4. The lowest BCUT2D eigenvalue weighted by molar-refractivity contribution is -0.136. The van der Waals surface area contributed by atoms with Crippen molar-refractivity contribution < 1.29 is 24.2 Å². The minimum atomic E-state index is -0.968. The number of hydrogen-bond donors (Lipinski definition) is 3. The van der Waals surface area contributed by atoms with Crippen molar-refractivity contribution in [2.75, 3.05) is 52.7 Å². The van der Waals surface area contributed by atoms with Crippen LogP contribution >= 0.6 is 0 Å². The largest absolute Gasteiger partial charge is 0.494 e. The molecule has 0 radical (unpaired) electrons. The first-order valence-electron chi connectivity index (χ1n) is 13.1. The van der Waals surface area contributed by atoms with Crippen molar-refractivity contribution in [3.63, 3.8) is 0 Å². The summed E-state index contributed by atoms with van der Waals surface area (Å²) < 4.78 is 13.9. The lowest BCUT2D eigenvalue weighted by Crippen LogP contribution is -2.39. The van der Waals surface area contributed by atoms with Gasteiger partial charge in [0.1, 0.15) is 5.82 Å². The SMILES string of the molecule is CN(C)CCN(C)CC(=O)N(C)c1ccc(N=C(c2cccc(CC(=O)O)c2)c2c(O)[nH]c3cc(F)ccc23)cc1. The first-order valence-corrected chi connectivity index (χ1v) is 13.1. The second-order valence-corrected chi connectivity index (χ2v) is 10.3. The summed E-state index contributed by atoms with van der Waals surface area (Å²) in [4.78, 5) is 37.5. The molecule has 4 rings (SSSR count). The van der Waals surface area contributed by atoms with E-state index in [2.05, 4.69) is 9.88 Å². The van der Waals surface area contributed by atoms with Crippen molar-refractivity contribution in [2.24, 2.45) is 4.99 Å². The number of amides is 1. The fourth-order valence-electron chi connectivity index (χ4n) is 4.47. The number of aromatic nitrogens is 1. The Hall–Kier alpha value is -4.54. The third-order valence-electron chi connectivity index (χ3n) is 6.72. The summed E-state index contributed by atoms with van der Waals surface area (Å²) in [7, 11) is 7.62. The van der Waals surface area contributed by atoms with E-state index in [9.17, 15) is 24.2 Å². The van der Waals surface area contributed by atoms with Crippen LogP contribution in [0, 0.1) is 5.82 Å². The number of aromatic hydroxyl groups is 1. The van der Waals surface area contributed by atoms with Crippen LogP contribution in [0.5, 0.6) is 5.88 Å². The van der Waals surface area contributed by atoms with E-state index >= 15 is 0 Å². The van der Waals surface area contributed by atoms with Crippen LogP contribution < -0.4 is 4.90 Å². The highest BCUT2D eigenvalue weighted by Gasteiger charge is 2.20. The Bertz CT molecular complexity index is 1580. The van der Waals surface area contributed by atoms with E-state index in [1.165, 1.54) is 12.1 Å². The second-order valence-electron chi connectivity index (χ2n) is 10.3. The molecule has 0 aliphatic rings. The molecule has 41 heavy (non-hydrogen) atoms. The summed E-state index contributed by atoms with van der Waals surface area (Å²) in [5.74, 6) is -1.66. The van der Waals surface area contributed by atoms with Crippen LogP contribution in [0.4, 0.5) is 15.8 Å². The van der Waals surface area contributed by atoms with Crippen LogP contribution in [0.1, 0.15) is 16.7 Å². The predicted molar refractivity (Wildman–Crippen MR) is 159 cm³/mol. The van der Waals surface area contributed by atoms with Crippen molar-refractivity contribution in [1.82, 2.24) is 14.8 Å². The summed E-state index contributed by atoms with van der Waals surface area (Å²) in [6.45, 7) is 1.90. The van der Waals surface area contributed by atoms with Gasteiger partial charge in [-0.3, -0.25) is 14.5 Å². The van der Waals surface area contributed by atoms with Gasteiger partial charge in [0.25, 0.3) is 0 Å². The van der Waals surface area contributed by atoms with Crippen LogP contribution in [0.2, 0.25) is 0 Å². The second kappa shape index (κ2) is 12.8. The molecule has 0 aliphatic heterocycles. The molecule has 214 valence electrons. The number of H-pyrrole nitrogens is 1. The molecule has 0 saturated heterocycles. The van der Waals surface area contributed by atoms with Gasteiger partial charge >= 0.3 is 5.97 Å². The Kier molecular flexibility index (Phi) is 9.16. The monoisotopic (exact) mass is 559 g/mol. The molecule has 0 bridgehead atoms. The summed E-state index contributed by atoms with van der Waals surface area (Å²) in [5.41, 5.74) is 3.55. The van der Waals surface area contributed by atoms with Gasteiger partial charge in [-0.2, -0.15) is 0 Å². The van der Waals surface area contributed by atoms with E-state index in [-0.39, 0.29) is 24.8 Å². The average Bonchev–Trinajstić information content (AvgIpc) is 3.24. The lowest BCUT2D eigenvalue weighted by Gasteiger charge is -2.23. The highest BCUT2D eigenvalue weighted by molar-refractivity contribution is 6.22. The van der Waals surface area contributed by atoms with Gasteiger partial charge in [-0.05, 0) is 75.2 Å². The minimum absolute atomic E-state index is 0.0469. The number of nitrogens with one attached hydrogen (secondary N) is 1. The number of halogens is 1. The normalized spacial score (nSPS) is 11.9. The number of carboxylic acids is 1. The molecule has 0 saturated carbocycles. The van der Waals surface area contributed by atoms with E-state index < -0.39 is 11.8 Å². The highest BCUT2D eigenvalue weighted by Crippen LogP contribution is 2.32. The van der Waals surface area contributed by atoms with Gasteiger partial charge in [-0.1, -0.05) is 18.2 Å². The van der Waals surface area contributed by atoms with Gasteiger partial charge in [0.2, 0.25) is 5.91 Å². The smallest absolute Gasteiger partial charge is 0.307 e. The standard InChI is InChI=1S/C31H34FN5O4/c1-35(2)14-15-36(3)19-27(38)37(4)24-11-9-23(10-12-24)33-30(21-7-5-6-20(16-21)17-28(39)40)29-25-13-8-22(32)18-26(25)34-31(29)41/h5-13,16,18,34,41H,14-15,17,19H2,1-4H3,(H,39,40). The van der Waals surface area contributed by atoms with Crippen molar-refractivity contribution in [3.8, 4) is 5.88 Å². The van der Waals surface area contributed by atoms with Crippen LogP contribution in [0.25, 0.3) is 10.9 Å². The molecule has 9 nitrogen and oxygen atoms in total. The van der Waals surface area contributed by atoms with E-state index in [0.29, 0.717) is 44.7 Å². The molecule has 0 unspecified atom stereocenters. The summed E-state index contributed by atoms with van der Waals surface area (Å²) >= 11 is 0. The molecule has 0 fully saturated rings. The molecule has 0 aliphatic carbocycles. The Balaban J connectivity index is 1.69. The maximum atomic E-state index is 13.9. The van der Waals surface area contributed by atoms with Gasteiger partial charge < -0.3 is 25.0 Å². The van der Waals surface area contributed by atoms with E-state index in [1.54, 1.807) is 66.5 Å². The summed E-state index contributed by atoms with van der Waals surface area (Å²) in [6, 6.07) is 18.2. The van der Waals surface area contributed by atoms with E-state index in [1.807, 2.05) is 26.0 Å². The molecule has 10 heteroatoms. The van der Waals surface area contributed by atoms with Crippen LogP contribution in [-0.2, 0) is 16.0 Å². The van der Waals surface area contributed by atoms with E-state index in [4.69, 9.17) is 4.99 Å². The molecule has 0 atom stereocenters. The Morgan fingerprint density at radius 1 is 0.951 bits per heavy atom. The number of carbonyl (C=O) groups excluding carboxylic acids is 1. The van der Waals surface area contributed by atoms with Crippen molar-refractivity contribution in [2.45, 2.75) is 6.42 Å². The summed E-state index contributed by atoms with van der Waals surface area (Å²) in [5, 5.41) is 20.7. The number of nitrogens with zero attached hydrogens (tertiary/aromatic N) is 4. The van der Waals surface area contributed by atoms with E-state index in [0.717, 1.165) is 13.1 Å². The topological polar surface area (TPSA) is 112 Å². The number of likely N-dealkylation sites (N-methyl/N-ethyl adjacent to an activating group) is 3. The lowest BCUT2D eigenvalue weighted by atomic mass is 9.98. The quantitative estimate of drug-likeness (QED) is 0.237. The number of carboxylic acid groups (broad SMARTS) is 1. The van der Waals surface area contributed by atoms with Crippen LogP contribution in [-0.4, -0.2) is 90.4 Å². The number of aliphatic imine (C=N–C) groups is 1. The number of aliphatic carboxylic acids is 1. The Labute approximate surface area is 238 Å². The molecule has 3 aromatic carbocycles. The molecule has 1 aromatic heterocycles. The predicted octanol–water partition coefficient (Wildman–Crippen LogP) is 4.27. The van der Waals surface area contributed by atoms with Crippen LogP contribution in [0.3, 0.4) is 0 Å². The number of fused-ring (bicyclic) bond motifs is 1. The number of carbonyl (C=O) groups is 2. The van der Waals surface area contributed by atoms with Gasteiger partial charge in [0.05, 0.1) is 35.4 Å². The molecule has 1 heterocycles. The zero-order valence-electron chi connectivity index (χ0n) is 23.6. The molecule has 0 spiro atoms. The van der Waals surface area contributed by atoms with Gasteiger partial charge in [-0.25, -0.2) is 9.38 Å². The average molecular weight is 560 g/mol. The van der Waals surface area contributed by atoms with Gasteiger partial charge in [0.15, 0.2) is 5.88 Å². The zero-order valence-corrected chi connectivity index (χ0v) is 23.6. The van der Waals surface area contributed by atoms with Gasteiger partial charge in [-0.15, -0.1) is 0 Å². The Morgan fingerprint density at radius 2 is 1.68 bits per heavy atom. The molecular weight excluding hydrogens is 525 g/mol. The fourth-order valence-corrected chi connectivity index (χ4v) is 4.47. The third-order valence-corrected chi connectivity index (χ3v) is 6.72. The Morgan fingerprint density at radius 3 is 2.37 bits per heavy atom. The maximum Gasteiger partial charge on any atom is 0.307 e. The first-order chi connectivity index (χ1) is 19.5. The fraction of sp³-hybridized carbons (Fsp3) is 0.258. The minimum Gasteiger partial charge on any atom is -0.494 e. The van der Waals surface area contributed by atoms with Crippen LogP contribution in [0.15, 0.2) is 71.7 Å².